The third-order valence-electron chi connectivity index (χ3n) is 4.80. The predicted molar refractivity (Wildman–Crippen MR) is 75.9 cm³/mol. The van der Waals surface area contributed by atoms with Gasteiger partial charge in [0.1, 0.15) is 0 Å². The first-order valence-electron chi connectivity index (χ1n) is 7.68. The minimum absolute atomic E-state index is 0.298. The molecule has 0 spiro atoms. The van der Waals surface area contributed by atoms with Gasteiger partial charge in [-0.3, -0.25) is 4.90 Å². The zero-order chi connectivity index (χ0) is 13.2. The average Bonchev–Trinajstić information content (AvgIpc) is 3.16. The second-order valence-electron chi connectivity index (χ2n) is 6.37. The van der Waals surface area contributed by atoms with E-state index in [2.05, 4.69) is 37.9 Å². The molecule has 2 aliphatic carbocycles. The van der Waals surface area contributed by atoms with Crippen molar-refractivity contribution in [3.8, 4) is 0 Å². The van der Waals surface area contributed by atoms with Crippen molar-refractivity contribution in [1.82, 2.24) is 10.2 Å². The highest BCUT2D eigenvalue weighted by atomic mass is 16.5. The molecule has 0 aromatic carbocycles. The lowest BCUT2D eigenvalue weighted by atomic mass is 9.64. The van der Waals surface area contributed by atoms with Crippen LogP contribution in [-0.2, 0) is 4.74 Å². The lowest BCUT2D eigenvalue weighted by Crippen LogP contribution is -2.61. The smallest absolute Gasteiger partial charge is 0.0655 e. The van der Waals surface area contributed by atoms with E-state index in [0.717, 1.165) is 19.2 Å². The molecule has 2 fully saturated rings. The maximum absolute atomic E-state index is 5.77. The monoisotopic (exact) mass is 254 g/mol. The van der Waals surface area contributed by atoms with Gasteiger partial charge in [0, 0.05) is 37.2 Å². The van der Waals surface area contributed by atoms with E-state index < -0.39 is 0 Å². The van der Waals surface area contributed by atoms with Crippen molar-refractivity contribution < 1.29 is 4.74 Å². The van der Waals surface area contributed by atoms with Gasteiger partial charge in [0.15, 0.2) is 0 Å². The first kappa shape index (κ1) is 14.3. The van der Waals surface area contributed by atoms with Gasteiger partial charge in [0.25, 0.3) is 0 Å². The lowest BCUT2D eigenvalue weighted by molar-refractivity contribution is -0.114. The molecule has 2 unspecified atom stereocenters. The molecule has 0 aromatic rings. The van der Waals surface area contributed by atoms with Crippen molar-refractivity contribution in [3.63, 3.8) is 0 Å². The summed E-state index contributed by atoms with van der Waals surface area (Å²) in [5.74, 6) is 0. The Morgan fingerprint density at radius 2 is 2.00 bits per heavy atom. The fraction of sp³-hybridized carbons (Fsp3) is 1.00. The number of ether oxygens (including phenoxy) is 1. The summed E-state index contributed by atoms with van der Waals surface area (Å²) >= 11 is 0. The summed E-state index contributed by atoms with van der Waals surface area (Å²) in [7, 11) is 0. The van der Waals surface area contributed by atoms with Crippen molar-refractivity contribution in [2.45, 2.75) is 65.1 Å². The van der Waals surface area contributed by atoms with E-state index in [1.807, 2.05) is 0 Å². The molecule has 0 aromatic heterocycles. The fourth-order valence-corrected chi connectivity index (χ4v) is 3.14. The molecule has 0 amide bonds. The molecule has 106 valence electrons. The van der Waals surface area contributed by atoms with Crippen LogP contribution in [0.1, 0.15) is 47.0 Å². The van der Waals surface area contributed by atoms with Crippen molar-refractivity contribution in [1.29, 1.82) is 0 Å². The zero-order valence-corrected chi connectivity index (χ0v) is 12.5. The number of rotatable bonds is 8. The van der Waals surface area contributed by atoms with Crippen LogP contribution in [-0.4, -0.2) is 49.3 Å². The predicted octanol–water partition coefficient (Wildman–Crippen LogP) is 2.26. The van der Waals surface area contributed by atoms with Crippen LogP contribution >= 0.6 is 0 Å². The molecule has 2 atom stereocenters. The van der Waals surface area contributed by atoms with Crippen LogP contribution in [0.25, 0.3) is 0 Å². The highest BCUT2D eigenvalue weighted by molar-refractivity contribution is 5.02. The van der Waals surface area contributed by atoms with E-state index in [1.165, 1.54) is 32.4 Å². The van der Waals surface area contributed by atoms with Crippen LogP contribution in [0, 0.1) is 5.41 Å². The number of nitrogens with one attached hydrogen (secondary N) is 1. The molecule has 3 heteroatoms. The van der Waals surface area contributed by atoms with Crippen LogP contribution in [0.15, 0.2) is 0 Å². The minimum atomic E-state index is 0.298. The molecule has 1 N–H and O–H groups in total. The van der Waals surface area contributed by atoms with Crippen LogP contribution in [0.4, 0.5) is 0 Å². The molecule has 2 rings (SSSR count). The standard InChI is InChI=1S/C15H30N2O/c1-5-17(12-7-8-12)10-9-16-13-11-14(18-6-2)15(13,3)4/h12-14,16H,5-11H2,1-4H3. The Morgan fingerprint density at radius 1 is 1.28 bits per heavy atom. The quantitative estimate of drug-likeness (QED) is 0.719. The molecule has 2 saturated carbocycles. The second-order valence-corrected chi connectivity index (χ2v) is 6.37. The van der Waals surface area contributed by atoms with E-state index in [9.17, 15) is 0 Å². The molecular formula is C15H30N2O. The van der Waals surface area contributed by atoms with Gasteiger partial charge in [0.05, 0.1) is 6.10 Å². The fourth-order valence-electron chi connectivity index (χ4n) is 3.14. The summed E-state index contributed by atoms with van der Waals surface area (Å²) in [5.41, 5.74) is 0.298. The Labute approximate surface area is 112 Å². The summed E-state index contributed by atoms with van der Waals surface area (Å²) in [6.07, 6.45) is 4.45. The molecule has 0 bridgehead atoms. The molecular weight excluding hydrogens is 224 g/mol. The van der Waals surface area contributed by atoms with E-state index in [0.29, 0.717) is 17.6 Å². The SMILES string of the molecule is CCOC1CC(NCCN(CC)C2CC2)C1(C)C. The zero-order valence-electron chi connectivity index (χ0n) is 12.5. The third kappa shape index (κ3) is 3.06. The maximum atomic E-state index is 5.77. The number of likely N-dealkylation sites (N-methyl/N-ethyl adjacent to an activating group) is 1. The van der Waals surface area contributed by atoms with Gasteiger partial charge in [0.2, 0.25) is 0 Å². The van der Waals surface area contributed by atoms with Crippen LogP contribution in [0.5, 0.6) is 0 Å². The van der Waals surface area contributed by atoms with E-state index in [4.69, 9.17) is 4.74 Å². The van der Waals surface area contributed by atoms with Crippen molar-refractivity contribution in [2.75, 3.05) is 26.2 Å². The van der Waals surface area contributed by atoms with Crippen molar-refractivity contribution in [3.05, 3.63) is 0 Å². The number of hydrogen-bond donors (Lipinski definition) is 1. The van der Waals surface area contributed by atoms with Gasteiger partial charge < -0.3 is 10.1 Å². The Hall–Kier alpha value is -0.120. The summed E-state index contributed by atoms with van der Waals surface area (Å²) in [4.78, 5) is 2.61. The van der Waals surface area contributed by atoms with Gasteiger partial charge in [-0.25, -0.2) is 0 Å². The highest BCUT2D eigenvalue weighted by Crippen LogP contribution is 2.42. The van der Waals surface area contributed by atoms with E-state index in [-0.39, 0.29) is 0 Å². The molecule has 3 nitrogen and oxygen atoms in total. The molecule has 0 radical (unpaired) electrons. The number of hydrogen-bond acceptors (Lipinski definition) is 3. The first-order chi connectivity index (χ1) is 8.59. The summed E-state index contributed by atoms with van der Waals surface area (Å²) in [5, 5.41) is 3.72. The Bertz CT molecular complexity index is 263. The normalized spacial score (nSPS) is 30.5. The molecule has 0 heterocycles. The lowest BCUT2D eigenvalue weighted by Gasteiger charge is -2.52. The van der Waals surface area contributed by atoms with Crippen molar-refractivity contribution >= 4 is 0 Å². The molecule has 18 heavy (non-hydrogen) atoms. The molecule has 2 aliphatic rings. The Kier molecular flexibility index (Phi) is 4.68. The Balaban J connectivity index is 1.65. The second kappa shape index (κ2) is 5.89. The summed E-state index contributed by atoms with van der Waals surface area (Å²) in [6, 6.07) is 1.52. The topological polar surface area (TPSA) is 24.5 Å². The Morgan fingerprint density at radius 3 is 2.50 bits per heavy atom. The van der Waals surface area contributed by atoms with Crippen LogP contribution in [0.3, 0.4) is 0 Å². The minimum Gasteiger partial charge on any atom is -0.378 e. The van der Waals surface area contributed by atoms with E-state index in [1.54, 1.807) is 0 Å². The van der Waals surface area contributed by atoms with Crippen LogP contribution in [0.2, 0.25) is 0 Å². The van der Waals surface area contributed by atoms with Gasteiger partial charge >= 0.3 is 0 Å². The molecule has 0 saturated heterocycles. The third-order valence-corrected chi connectivity index (χ3v) is 4.80. The van der Waals surface area contributed by atoms with Gasteiger partial charge in [-0.1, -0.05) is 20.8 Å². The van der Waals surface area contributed by atoms with Gasteiger partial charge in [-0.15, -0.1) is 0 Å². The number of nitrogens with zero attached hydrogens (tertiary/aromatic N) is 1. The van der Waals surface area contributed by atoms with Gasteiger partial charge in [-0.05, 0) is 32.7 Å². The highest BCUT2D eigenvalue weighted by Gasteiger charge is 2.48. The summed E-state index contributed by atoms with van der Waals surface area (Å²) < 4.78 is 5.77. The first-order valence-corrected chi connectivity index (χ1v) is 7.68. The maximum Gasteiger partial charge on any atom is 0.0655 e. The van der Waals surface area contributed by atoms with E-state index >= 15 is 0 Å². The summed E-state index contributed by atoms with van der Waals surface area (Å²) in [6.45, 7) is 13.4. The van der Waals surface area contributed by atoms with Crippen molar-refractivity contribution in [2.24, 2.45) is 5.41 Å². The van der Waals surface area contributed by atoms with Gasteiger partial charge in [-0.2, -0.15) is 0 Å². The largest absolute Gasteiger partial charge is 0.378 e. The average molecular weight is 254 g/mol. The molecule has 0 aliphatic heterocycles. The van der Waals surface area contributed by atoms with Crippen LogP contribution < -0.4 is 5.32 Å².